The van der Waals surface area contributed by atoms with E-state index in [-0.39, 0.29) is 16.9 Å². The summed E-state index contributed by atoms with van der Waals surface area (Å²) in [5.74, 6) is -1.21. The predicted octanol–water partition coefficient (Wildman–Crippen LogP) is 2.25. The average Bonchev–Trinajstić information content (AvgIpc) is 2.86. The van der Waals surface area contributed by atoms with Crippen LogP contribution in [0.5, 0.6) is 0 Å². The first kappa shape index (κ1) is 13.5. The van der Waals surface area contributed by atoms with Crippen molar-refractivity contribution in [3.63, 3.8) is 0 Å². The van der Waals surface area contributed by atoms with Crippen molar-refractivity contribution in [2.24, 2.45) is 0 Å². The molecule has 2 rings (SSSR count). The molecule has 0 aliphatic carbocycles. The van der Waals surface area contributed by atoms with Gasteiger partial charge in [0.25, 0.3) is 5.69 Å². The zero-order valence-corrected chi connectivity index (χ0v) is 10.6. The van der Waals surface area contributed by atoms with E-state index in [1.54, 1.807) is 17.1 Å². The van der Waals surface area contributed by atoms with Gasteiger partial charge in [0.05, 0.1) is 22.4 Å². The van der Waals surface area contributed by atoms with Crippen molar-refractivity contribution in [2.75, 3.05) is 5.32 Å². The zero-order valence-electron chi connectivity index (χ0n) is 10.6. The molecule has 1 aromatic carbocycles. The lowest BCUT2D eigenvalue weighted by molar-refractivity contribution is -0.383. The number of aromatic nitrogens is 2. The standard InChI is InChI=1S/C12H12N4O4/c1-2-15-7-9(6-13-15)14-10-4-3-8(12(17)18)5-11(10)16(19)20/h3-7,14H,2H2,1H3,(H,17,18). The van der Waals surface area contributed by atoms with Gasteiger partial charge in [-0.2, -0.15) is 5.10 Å². The van der Waals surface area contributed by atoms with Gasteiger partial charge >= 0.3 is 5.97 Å². The number of benzene rings is 1. The molecule has 104 valence electrons. The SMILES string of the molecule is CCn1cc(Nc2ccc(C(=O)O)cc2[N+](=O)[O-])cn1. The second-order valence-corrected chi connectivity index (χ2v) is 4.00. The number of anilines is 2. The summed E-state index contributed by atoms with van der Waals surface area (Å²) >= 11 is 0. The van der Waals surface area contributed by atoms with Crippen LogP contribution in [0.25, 0.3) is 0 Å². The number of nitrogens with zero attached hydrogens (tertiary/aromatic N) is 3. The number of nitro benzene ring substituents is 1. The Bertz CT molecular complexity index is 665. The molecule has 0 bridgehead atoms. The first-order chi connectivity index (χ1) is 9.51. The topological polar surface area (TPSA) is 110 Å². The summed E-state index contributed by atoms with van der Waals surface area (Å²) < 4.78 is 1.67. The van der Waals surface area contributed by atoms with Crippen LogP contribution in [0, 0.1) is 10.1 Å². The number of carboxylic acids is 1. The summed E-state index contributed by atoms with van der Waals surface area (Å²) in [6.45, 7) is 2.60. The lowest BCUT2D eigenvalue weighted by atomic mass is 10.1. The minimum absolute atomic E-state index is 0.133. The number of hydrogen-bond donors (Lipinski definition) is 2. The molecule has 0 atom stereocenters. The molecule has 1 aromatic heterocycles. The molecule has 2 aromatic rings. The third kappa shape index (κ3) is 2.74. The maximum absolute atomic E-state index is 11.0. The van der Waals surface area contributed by atoms with E-state index in [1.165, 1.54) is 12.1 Å². The summed E-state index contributed by atoms with van der Waals surface area (Å²) in [5, 5.41) is 26.7. The Balaban J connectivity index is 2.35. The van der Waals surface area contributed by atoms with E-state index in [0.29, 0.717) is 12.2 Å². The van der Waals surface area contributed by atoms with Crippen LogP contribution >= 0.6 is 0 Å². The van der Waals surface area contributed by atoms with Crippen LogP contribution in [0.3, 0.4) is 0 Å². The van der Waals surface area contributed by atoms with E-state index in [1.807, 2.05) is 6.92 Å². The minimum atomic E-state index is -1.21. The van der Waals surface area contributed by atoms with E-state index in [2.05, 4.69) is 10.4 Å². The number of carbonyl (C=O) groups is 1. The minimum Gasteiger partial charge on any atom is -0.478 e. The van der Waals surface area contributed by atoms with Gasteiger partial charge in [0.1, 0.15) is 5.69 Å². The first-order valence-electron chi connectivity index (χ1n) is 5.82. The number of nitrogens with one attached hydrogen (secondary N) is 1. The second-order valence-electron chi connectivity index (χ2n) is 4.00. The van der Waals surface area contributed by atoms with E-state index in [4.69, 9.17) is 5.11 Å². The third-order valence-electron chi connectivity index (χ3n) is 2.68. The molecule has 0 saturated heterocycles. The van der Waals surface area contributed by atoms with Crippen molar-refractivity contribution in [3.8, 4) is 0 Å². The molecule has 8 heteroatoms. The molecule has 20 heavy (non-hydrogen) atoms. The number of nitro groups is 1. The van der Waals surface area contributed by atoms with Crippen LogP contribution in [-0.2, 0) is 6.54 Å². The fourth-order valence-corrected chi connectivity index (χ4v) is 1.68. The molecule has 0 radical (unpaired) electrons. The van der Waals surface area contributed by atoms with E-state index in [0.717, 1.165) is 6.07 Å². The molecular formula is C12H12N4O4. The van der Waals surface area contributed by atoms with Gasteiger partial charge in [-0.15, -0.1) is 0 Å². The zero-order chi connectivity index (χ0) is 14.7. The summed E-state index contributed by atoms with van der Waals surface area (Å²) in [6.07, 6.45) is 3.24. The predicted molar refractivity (Wildman–Crippen MR) is 71.2 cm³/mol. The van der Waals surface area contributed by atoms with Gasteiger partial charge in [-0.1, -0.05) is 0 Å². The van der Waals surface area contributed by atoms with Crippen LogP contribution in [-0.4, -0.2) is 25.8 Å². The third-order valence-corrected chi connectivity index (χ3v) is 2.68. The van der Waals surface area contributed by atoms with Crippen LogP contribution in [0.1, 0.15) is 17.3 Å². The van der Waals surface area contributed by atoms with Gasteiger partial charge in [0.15, 0.2) is 0 Å². The Morgan fingerprint density at radius 3 is 2.85 bits per heavy atom. The van der Waals surface area contributed by atoms with Gasteiger partial charge in [-0.3, -0.25) is 14.8 Å². The fourth-order valence-electron chi connectivity index (χ4n) is 1.68. The highest BCUT2D eigenvalue weighted by Gasteiger charge is 2.17. The van der Waals surface area contributed by atoms with Gasteiger partial charge in [0.2, 0.25) is 0 Å². The molecule has 0 saturated carbocycles. The van der Waals surface area contributed by atoms with Crippen LogP contribution in [0.15, 0.2) is 30.6 Å². The van der Waals surface area contributed by atoms with Crippen molar-refractivity contribution < 1.29 is 14.8 Å². The summed E-state index contributed by atoms with van der Waals surface area (Å²) in [5.41, 5.74) is 0.384. The summed E-state index contributed by atoms with van der Waals surface area (Å²) in [7, 11) is 0. The second kappa shape index (κ2) is 5.39. The Kier molecular flexibility index (Phi) is 3.65. The Hall–Kier alpha value is -2.90. The number of aromatic carboxylic acids is 1. The molecule has 0 aliphatic rings. The first-order valence-corrected chi connectivity index (χ1v) is 5.82. The van der Waals surface area contributed by atoms with Crippen molar-refractivity contribution >= 4 is 23.0 Å². The van der Waals surface area contributed by atoms with Crippen LogP contribution in [0.2, 0.25) is 0 Å². The van der Waals surface area contributed by atoms with Crippen molar-refractivity contribution in [1.29, 1.82) is 0 Å². The van der Waals surface area contributed by atoms with E-state index < -0.39 is 10.9 Å². The molecular weight excluding hydrogens is 264 g/mol. The Morgan fingerprint density at radius 1 is 1.55 bits per heavy atom. The normalized spacial score (nSPS) is 10.2. The molecule has 0 amide bonds. The van der Waals surface area contributed by atoms with Crippen molar-refractivity contribution in [2.45, 2.75) is 13.5 Å². The molecule has 0 fully saturated rings. The summed E-state index contributed by atoms with van der Waals surface area (Å²) in [4.78, 5) is 21.2. The number of carboxylic acid groups (broad SMARTS) is 1. The maximum atomic E-state index is 11.0. The van der Waals surface area contributed by atoms with Crippen LogP contribution < -0.4 is 5.32 Å². The highest BCUT2D eigenvalue weighted by atomic mass is 16.6. The van der Waals surface area contributed by atoms with E-state index >= 15 is 0 Å². The quantitative estimate of drug-likeness (QED) is 0.640. The fraction of sp³-hybridized carbons (Fsp3) is 0.167. The molecule has 2 N–H and O–H groups in total. The lowest BCUT2D eigenvalue weighted by Gasteiger charge is -2.05. The number of aryl methyl sites for hydroxylation is 1. The highest BCUT2D eigenvalue weighted by molar-refractivity contribution is 5.90. The van der Waals surface area contributed by atoms with Crippen molar-refractivity contribution in [1.82, 2.24) is 9.78 Å². The monoisotopic (exact) mass is 276 g/mol. The van der Waals surface area contributed by atoms with Gasteiger partial charge in [0, 0.05) is 18.8 Å². The molecule has 0 unspecified atom stereocenters. The average molecular weight is 276 g/mol. The van der Waals surface area contributed by atoms with E-state index in [9.17, 15) is 14.9 Å². The smallest absolute Gasteiger partial charge is 0.335 e. The van der Waals surface area contributed by atoms with Gasteiger partial charge in [-0.05, 0) is 19.1 Å². The number of hydrogen-bond acceptors (Lipinski definition) is 5. The molecule has 0 aliphatic heterocycles. The summed E-state index contributed by atoms with van der Waals surface area (Å²) in [6, 6.07) is 3.70. The number of rotatable bonds is 5. The highest BCUT2D eigenvalue weighted by Crippen LogP contribution is 2.28. The largest absolute Gasteiger partial charge is 0.478 e. The molecule has 8 nitrogen and oxygen atoms in total. The van der Waals surface area contributed by atoms with Gasteiger partial charge < -0.3 is 10.4 Å². The Morgan fingerprint density at radius 2 is 2.30 bits per heavy atom. The van der Waals surface area contributed by atoms with Crippen molar-refractivity contribution in [3.05, 3.63) is 46.3 Å². The molecule has 0 spiro atoms. The Labute approximate surface area is 113 Å². The molecule has 1 heterocycles. The van der Waals surface area contributed by atoms with Gasteiger partial charge in [-0.25, -0.2) is 4.79 Å². The maximum Gasteiger partial charge on any atom is 0.335 e. The lowest BCUT2D eigenvalue weighted by Crippen LogP contribution is -2.01. The van der Waals surface area contributed by atoms with Crippen LogP contribution in [0.4, 0.5) is 17.1 Å².